The summed E-state index contributed by atoms with van der Waals surface area (Å²) in [6, 6.07) is 8.18. The Morgan fingerprint density at radius 1 is 1.36 bits per heavy atom. The molecule has 2 heterocycles. The van der Waals surface area contributed by atoms with Crippen molar-refractivity contribution in [3.8, 4) is 0 Å². The highest BCUT2D eigenvalue weighted by atomic mass is 32.1. The fourth-order valence-electron chi connectivity index (χ4n) is 3.21. The molecule has 3 rings (SSSR count). The molecule has 1 N–H and O–H groups in total. The van der Waals surface area contributed by atoms with Crippen LogP contribution in [0.15, 0.2) is 24.3 Å². The predicted molar refractivity (Wildman–Crippen MR) is 106 cm³/mol. The summed E-state index contributed by atoms with van der Waals surface area (Å²) >= 11 is 1.52. The smallest absolute Gasteiger partial charge is 0.267 e. The van der Waals surface area contributed by atoms with Gasteiger partial charge >= 0.3 is 0 Å². The molecule has 25 heavy (non-hydrogen) atoms. The summed E-state index contributed by atoms with van der Waals surface area (Å²) < 4.78 is 0. The van der Waals surface area contributed by atoms with Gasteiger partial charge in [0.25, 0.3) is 5.91 Å². The molecule has 1 unspecified atom stereocenters. The van der Waals surface area contributed by atoms with Crippen molar-refractivity contribution in [2.45, 2.75) is 46.5 Å². The minimum absolute atomic E-state index is 0.0553. The number of amides is 1. The van der Waals surface area contributed by atoms with Crippen LogP contribution in [0.5, 0.6) is 0 Å². The van der Waals surface area contributed by atoms with Crippen LogP contribution in [0.2, 0.25) is 0 Å². The molecule has 1 fully saturated rings. The second-order valence-electron chi connectivity index (χ2n) is 6.97. The number of unbranched alkanes of at least 4 members (excludes halogenated alkanes) is 1. The van der Waals surface area contributed by atoms with E-state index in [9.17, 15) is 4.79 Å². The van der Waals surface area contributed by atoms with Gasteiger partial charge in [0.15, 0.2) is 0 Å². The van der Waals surface area contributed by atoms with E-state index in [0.29, 0.717) is 0 Å². The number of carbonyl (C=O) groups is 1. The van der Waals surface area contributed by atoms with Gasteiger partial charge in [-0.1, -0.05) is 20.3 Å². The van der Waals surface area contributed by atoms with Crippen molar-refractivity contribution in [2.75, 3.05) is 23.3 Å². The monoisotopic (exact) mass is 357 g/mol. The van der Waals surface area contributed by atoms with E-state index in [0.717, 1.165) is 59.5 Å². The van der Waals surface area contributed by atoms with Gasteiger partial charge in [-0.25, -0.2) is 4.98 Å². The highest BCUT2D eigenvalue weighted by molar-refractivity contribution is 7.13. The van der Waals surface area contributed by atoms with E-state index in [1.54, 1.807) is 0 Å². The normalized spacial score (nSPS) is 17.1. The Labute approximate surface area is 154 Å². The molecule has 1 saturated heterocycles. The van der Waals surface area contributed by atoms with E-state index >= 15 is 0 Å². The second kappa shape index (κ2) is 8.00. The predicted octanol–water partition coefficient (Wildman–Crippen LogP) is 4.89. The van der Waals surface area contributed by atoms with Crippen molar-refractivity contribution in [3.05, 3.63) is 39.8 Å². The molecule has 0 aliphatic carbocycles. The molecule has 4 nitrogen and oxygen atoms in total. The molecule has 1 aromatic carbocycles. The molecular formula is C20H27N3OS. The van der Waals surface area contributed by atoms with Crippen LogP contribution >= 0.6 is 11.3 Å². The number of nitrogens with zero attached hydrogens (tertiary/aromatic N) is 2. The summed E-state index contributed by atoms with van der Waals surface area (Å²) in [5.41, 5.74) is 2.90. The average molecular weight is 358 g/mol. The van der Waals surface area contributed by atoms with Gasteiger partial charge in [0.1, 0.15) is 4.88 Å². The molecule has 0 bridgehead atoms. The van der Waals surface area contributed by atoms with Gasteiger partial charge in [0.2, 0.25) is 0 Å². The van der Waals surface area contributed by atoms with E-state index in [1.807, 2.05) is 19.1 Å². The van der Waals surface area contributed by atoms with E-state index in [-0.39, 0.29) is 5.91 Å². The maximum absolute atomic E-state index is 12.6. The zero-order valence-corrected chi connectivity index (χ0v) is 16.2. The van der Waals surface area contributed by atoms with Crippen molar-refractivity contribution in [1.29, 1.82) is 0 Å². The standard InChI is InChI=1S/C20H27N3OS/c1-4-5-6-18-21-15(3)19(25-18)20(24)22-16-7-9-17(10-8-16)23-12-11-14(2)13-23/h7-10,14H,4-6,11-13H2,1-3H3,(H,22,24). The van der Waals surface area contributed by atoms with Crippen molar-refractivity contribution < 1.29 is 4.79 Å². The molecule has 0 radical (unpaired) electrons. The van der Waals surface area contributed by atoms with E-state index in [2.05, 4.69) is 41.2 Å². The maximum Gasteiger partial charge on any atom is 0.267 e. The number of hydrogen-bond donors (Lipinski definition) is 1. The van der Waals surface area contributed by atoms with Gasteiger partial charge in [0, 0.05) is 24.5 Å². The Morgan fingerprint density at radius 3 is 2.76 bits per heavy atom. The summed E-state index contributed by atoms with van der Waals surface area (Å²) in [4.78, 5) is 20.2. The third-order valence-corrected chi connectivity index (χ3v) is 5.92. The third kappa shape index (κ3) is 4.40. The number of thiazole rings is 1. The SMILES string of the molecule is CCCCc1nc(C)c(C(=O)Nc2ccc(N3CCC(C)C3)cc2)s1. The number of aromatic nitrogens is 1. The molecule has 1 aliphatic rings. The third-order valence-electron chi connectivity index (χ3n) is 4.71. The van der Waals surface area contributed by atoms with Crippen LogP contribution < -0.4 is 10.2 Å². The summed E-state index contributed by atoms with van der Waals surface area (Å²) in [6.45, 7) is 8.61. The quantitative estimate of drug-likeness (QED) is 0.800. The molecule has 1 aromatic heterocycles. The lowest BCUT2D eigenvalue weighted by atomic mass is 10.2. The van der Waals surface area contributed by atoms with Crippen molar-refractivity contribution in [1.82, 2.24) is 4.98 Å². The first kappa shape index (κ1) is 17.9. The molecule has 0 saturated carbocycles. The zero-order chi connectivity index (χ0) is 17.8. The van der Waals surface area contributed by atoms with Crippen LogP contribution in [0, 0.1) is 12.8 Å². The summed E-state index contributed by atoms with van der Waals surface area (Å²) in [6.07, 6.45) is 4.47. The molecule has 1 aliphatic heterocycles. The van der Waals surface area contributed by atoms with Crippen molar-refractivity contribution in [3.63, 3.8) is 0 Å². The molecule has 134 valence electrons. The second-order valence-corrected chi connectivity index (χ2v) is 8.05. The van der Waals surface area contributed by atoms with E-state index < -0.39 is 0 Å². The van der Waals surface area contributed by atoms with E-state index in [1.165, 1.54) is 23.4 Å². The average Bonchev–Trinajstić information content (AvgIpc) is 3.19. The lowest BCUT2D eigenvalue weighted by molar-refractivity contribution is 0.103. The lowest BCUT2D eigenvalue weighted by Crippen LogP contribution is -2.19. The first-order chi connectivity index (χ1) is 12.1. The molecular weight excluding hydrogens is 330 g/mol. The number of anilines is 2. The Hall–Kier alpha value is -1.88. The number of nitrogens with one attached hydrogen (secondary N) is 1. The Kier molecular flexibility index (Phi) is 5.74. The molecule has 2 aromatic rings. The molecule has 1 amide bonds. The van der Waals surface area contributed by atoms with Gasteiger partial charge < -0.3 is 10.2 Å². The van der Waals surface area contributed by atoms with Crippen molar-refractivity contribution >= 4 is 28.6 Å². The van der Waals surface area contributed by atoms with Crippen LogP contribution in [0.4, 0.5) is 11.4 Å². The number of carbonyl (C=O) groups excluding carboxylic acids is 1. The fraction of sp³-hybridized carbons (Fsp3) is 0.500. The first-order valence-corrected chi connectivity index (χ1v) is 10.0. The first-order valence-electron chi connectivity index (χ1n) is 9.19. The van der Waals surface area contributed by atoms with Gasteiger partial charge in [-0.2, -0.15) is 0 Å². The van der Waals surface area contributed by atoms with Crippen LogP contribution in [-0.4, -0.2) is 24.0 Å². The minimum Gasteiger partial charge on any atom is -0.371 e. The summed E-state index contributed by atoms with van der Waals surface area (Å²) in [7, 11) is 0. The highest BCUT2D eigenvalue weighted by Crippen LogP contribution is 2.26. The molecule has 1 atom stereocenters. The zero-order valence-electron chi connectivity index (χ0n) is 15.3. The maximum atomic E-state index is 12.6. The summed E-state index contributed by atoms with van der Waals surface area (Å²) in [5.74, 6) is 0.705. The summed E-state index contributed by atoms with van der Waals surface area (Å²) in [5, 5.41) is 4.07. The Morgan fingerprint density at radius 2 is 2.12 bits per heavy atom. The Balaban J connectivity index is 1.64. The highest BCUT2D eigenvalue weighted by Gasteiger charge is 2.19. The van der Waals surface area contributed by atoms with Crippen LogP contribution in [0.25, 0.3) is 0 Å². The van der Waals surface area contributed by atoms with Crippen LogP contribution in [0.1, 0.15) is 53.5 Å². The minimum atomic E-state index is -0.0553. The van der Waals surface area contributed by atoms with Gasteiger partial charge in [0.05, 0.1) is 10.7 Å². The Bertz CT molecular complexity index is 723. The fourth-order valence-corrected chi connectivity index (χ4v) is 4.21. The number of aryl methyl sites for hydroxylation is 2. The number of rotatable bonds is 6. The largest absolute Gasteiger partial charge is 0.371 e. The van der Waals surface area contributed by atoms with Crippen molar-refractivity contribution in [2.24, 2.45) is 5.92 Å². The van der Waals surface area contributed by atoms with E-state index in [4.69, 9.17) is 0 Å². The van der Waals surface area contributed by atoms with Gasteiger partial charge in [-0.3, -0.25) is 4.79 Å². The lowest BCUT2D eigenvalue weighted by Gasteiger charge is -2.18. The molecule has 5 heteroatoms. The number of hydrogen-bond acceptors (Lipinski definition) is 4. The topological polar surface area (TPSA) is 45.2 Å². The van der Waals surface area contributed by atoms with Crippen LogP contribution in [0.3, 0.4) is 0 Å². The molecule has 0 spiro atoms. The van der Waals surface area contributed by atoms with Gasteiger partial charge in [-0.15, -0.1) is 11.3 Å². The van der Waals surface area contributed by atoms with Gasteiger partial charge in [-0.05, 0) is 56.4 Å². The number of benzene rings is 1. The van der Waals surface area contributed by atoms with Crippen LogP contribution in [-0.2, 0) is 6.42 Å².